The lowest BCUT2D eigenvalue weighted by Gasteiger charge is -2.22. The Balaban J connectivity index is 1.66. The smallest absolute Gasteiger partial charge is 0.269 e. The minimum Gasteiger partial charge on any atom is -0.356 e. The van der Waals surface area contributed by atoms with Crippen LogP contribution in [0.3, 0.4) is 0 Å². The van der Waals surface area contributed by atoms with Crippen LogP contribution >= 0.6 is 0 Å². The van der Waals surface area contributed by atoms with Crippen LogP contribution in [-0.2, 0) is 4.79 Å². The highest BCUT2D eigenvalue weighted by Gasteiger charge is 2.21. The van der Waals surface area contributed by atoms with Crippen molar-refractivity contribution in [3.05, 3.63) is 36.4 Å². The number of amides is 2. The summed E-state index contributed by atoms with van der Waals surface area (Å²) < 4.78 is 0. The van der Waals surface area contributed by atoms with E-state index in [0.717, 1.165) is 17.5 Å². The Kier molecular flexibility index (Phi) is 4.13. The number of pyridine rings is 1. The van der Waals surface area contributed by atoms with Crippen molar-refractivity contribution < 1.29 is 9.59 Å². The average molecular weight is 299 g/mol. The van der Waals surface area contributed by atoms with Crippen LogP contribution in [0.5, 0.6) is 0 Å². The number of aromatic nitrogens is 3. The molecule has 0 spiro atoms. The molecule has 3 rings (SSSR count). The molecule has 0 bridgehead atoms. The molecule has 0 aliphatic carbocycles. The van der Waals surface area contributed by atoms with Crippen LogP contribution in [0.15, 0.2) is 30.7 Å². The molecule has 7 nitrogen and oxygen atoms in total. The average Bonchev–Trinajstić information content (AvgIpc) is 3.03. The lowest BCUT2D eigenvalue weighted by atomic mass is 9.97. The standard InChI is InChI=1S/C15H17N5O2/c21-13-7-10(1-6-17-13)8-18-15(22)14-12(9-19-20-14)11-2-4-16-5-3-11/h2-5,9-10H,1,6-8H2,(H,17,21)(H,18,22)(H,19,20). The molecule has 0 saturated carbocycles. The predicted molar refractivity (Wildman–Crippen MR) is 79.9 cm³/mol. The van der Waals surface area contributed by atoms with Crippen molar-refractivity contribution in [2.24, 2.45) is 5.92 Å². The first-order valence-corrected chi connectivity index (χ1v) is 7.22. The molecule has 1 saturated heterocycles. The van der Waals surface area contributed by atoms with Crippen LogP contribution in [-0.4, -0.2) is 40.1 Å². The van der Waals surface area contributed by atoms with Crippen molar-refractivity contribution in [1.82, 2.24) is 25.8 Å². The number of aromatic amines is 1. The van der Waals surface area contributed by atoms with E-state index in [9.17, 15) is 9.59 Å². The molecule has 1 atom stereocenters. The lowest BCUT2D eigenvalue weighted by molar-refractivity contribution is -0.123. The topological polar surface area (TPSA) is 99.8 Å². The van der Waals surface area contributed by atoms with Crippen LogP contribution in [0.25, 0.3) is 11.1 Å². The number of nitrogens with zero attached hydrogens (tertiary/aromatic N) is 2. The lowest BCUT2D eigenvalue weighted by Crippen LogP contribution is -2.39. The minimum absolute atomic E-state index is 0.0458. The number of nitrogens with one attached hydrogen (secondary N) is 3. The normalized spacial score (nSPS) is 17.8. The fourth-order valence-electron chi connectivity index (χ4n) is 2.56. The first-order valence-electron chi connectivity index (χ1n) is 7.22. The van der Waals surface area contributed by atoms with Gasteiger partial charge in [-0.3, -0.25) is 19.7 Å². The number of H-pyrrole nitrogens is 1. The van der Waals surface area contributed by atoms with Gasteiger partial charge in [-0.15, -0.1) is 0 Å². The summed E-state index contributed by atoms with van der Waals surface area (Å²) in [5.74, 6) is 0.0183. The minimum atomic E-state index is -0.213. The third-order valence-corrected chi connectivity index (χ3v) is 3.76. The highest BCUT2D eigenvalue weighted by atomic mass is 16.2. The first-order chi connectivity index (χ1) is 10.7. The van der Waals surface area contributed by atoms with Gasteiger partial charge in [-0.05, 0) is 30.0 Å². The largest absolute Gasteiger partial charge is 0.356 e. The molecule has 22 heavy (non-hydrogen) atoms. The summed E-state index contributed by atoms with van der Waals surface area (Å²) in [4.78, 5) is 27.6. The quantitative estimate of drug-likeness (QED) is 0.774. The Morgan fingerprint density at radius 3 is 2.95 bits per heavy atom. The second kappa shape index (κ2) is 6.38. The van der Waals surface area contributed by atoms with Crippen LogP contribution in [0.4, 0.5) is 0 Å². The molecule has 2 aromatic heterocycles. The van der Waals surface area contributed by atoms with E-state index < -0.39 is 0 Å². The molecule has 1 aliphatic heterocycles. The zero-order valence-corrected chi connectivity index (χ0v) is 12.0. The molecule has 1 aliphatic rings. The number of hydrogen-bond acceptors (Lipinski definition) is 4. The molecule has 114 valence electrons. The number of hydrogen-bond donors (Lipinski definition) is 3. The van der Waals surface area contributed by atoms with Crippen molar-refractivity contribution in [3.8, 4) is 11.1 Å². The molecule has 0 radical (unpaired) electrons. The van der Waals surface area contributed by atoms with Gasteiger partial charge in [0.2, 0.25) is 5.91 Å². The molecular weight excluding hydrogens is 282 g/mol. The SMILES string of the molecule is O=C1CC(CNC(=O)c2[nH]ncc2-c2ccncc2)CCN1. The van der Waals surface area contributed by atoms with Gasteiger partial charge >= 0.3 is 0 Å². The van der Waals surface area contributed by atoms with Crippen molar-refractivity contribution in [2.75, 3.05) is 13.1 Å². The molecule has 3 heterocycles. The fraction of sp³-hybridized carbons (Fsp3) is 0.333. The second-order valence-electron chi connectivity index (χ2n) is 5.31. The molecule has 3 N–H and O–H groups in total. The molecular formula is C15H17N5O2. The summed E-state index contributed by atoms with van der Waals surface area (Å²) in [6.45, 7) is 1.16. The van der Waals surface area contributed by atoms with E-state index in [1.54, 1.807) is 18.6 Å². The number of carbonyl (C=O) groups is 2. The number of rotatable bonds is 4. The van der Waals surface area contributed by atoms with E-state index >= 15 is 0 Å². The van der Waals surface area contributed by atoms with E-state index in [-0.39, 0.29) is 17.7 Å². The van der Waals surface area contributed by atoms with E-state index in [2.05, 4.69) is 25.8 Å². The molecule has 2 aromatic rings. The summed E-state index contributed by atoms with van der Waals surface area (Å²) in [6, 6.07) is 3.65. The summed E-state index contributed by atoms with van der Waals surface area (Å²) >= 11 is 0. The van der Waals surface area contributed by atoms with Crippen molar-refractivity contribution in [1.29, 1.82) is 0 Å². The van der Waals surface area contributed by atoms with Gasteiger partial charge in [0.05, 0.1) is 6.20 Å². The third-order valence-electron chi connectivity index (χ3n) is 3.76. The van der Waals surface area contributed by atoms with Crippen LogP contribution in [0, 0.1) is 5.92 Å². The van der Waals surface area contributed by atoms with E-state index in [1.165, 1.54) is 0 Å². The molecule has 2 amide bonds. The first kappa shape index (κ1) is 14.2. The Bertz CT molecular complexity index is 668. The molecule has 1 unspecified atom stereocenters. The van der Waals surface area contributed by atoms with Crippen LogP contribution in [0.2, 0.25) is 0 Å². The van der Waals surface area contributed by atoms with Gasteiger partial charge in [0, 0.05) is 37.5 Å². The van der Waals surface area contributed by atoms with Crippen molar-refractivity contribution >= 4 is 11.8 Å². The Labute approximate surface area is 127 Å². The van der Waals surface area contributed by atoms with Crippen LogP contribution in [0.1, 0.15) is 23.3 Å². The molecule has 7 heteroatoms. The fourth-order valence-corrected chi connectivity index (χ4v) is 2.56. The monoisotopic (exact) mass is 299 g/mol. The van der Waals surface area contributed by atoms with Gasteiger partial charge in [-0.2, -0.15) is 5.10 Å². The number of carbonyl (C=O) groups excluding carboxylic acids is 2. The van der Waals surface area contributed by atoms with Gasteiger partial charge in [-0.1, -0.05) is 0 Å². The maximum atomic E-state index is 12.3. The molecule has 0 aromatic carbocycles. The Morgan fingerprint density at radius 1 is 1.36 bits per heavy atom. The van der Waals surface area contributed by atoms with E-state index in [4.69, 9.17) is 0 Å². The zero-order chi connectivity index (χ0) is 15.4. The van der Waals surface area contributed by atoms with Gasteiger partial charge in [0.25, 0.3) is 5.91 Å². The summed E-state index contributed by atoms with van der Waals surface area (Å²) in [7, 11) is 0. The van der Waals surface area contributed by atoms with Gasteiger partial charge in [0.1, 0.15) is 5.69 Å². The predicted octanol–water partition coefficient (Wildman–Crippen LogP) is 0.728. The van der Waals surface area contributed by atoms with Gasteiger partial charge < -0.3 is 10.6 Å². The third kappa shape index (κ3) is 3.13. The van der Waals surface area contributed by atoms with Crippen molar-refractivity contribution in [3.63, 3.8) is 0 Å². The Morgan fingerprint density at radius 2 is 2.18 bits per heavy atom. The van der Waals surface area contributed by atoms with E-state index in [1.807, 2.05) is 12.1 Å². The van der Waals surface area contributed by atoms with Crippen LogP contribution < -0.4 is 10.6 Å². The highest BCUT2D eigenvalue weighted by Crippen LogP contribution is 2.21. The van der Waals surface area contributed by atoms with E-state index in [0.29, 0.717) is 25.2 Å². The highest BCUT2D eigenvalue weighted by molar-refractivity contribution is 5.98. The number of piperidine rings is 1. The van der Waals surface area contributed by atoms with Gasteiger partial charge in [0.15, 0.2) is 0 Å². The summed E-state index contributed by atoms with van der Waals surface area (Å²) in [5, 5.41) is 12.4. The van der Waals surface area contributed by atoms with Gasteiger partial charge in [-0.25, -0.2) is 0 Å². The zero-order valence-electron chi connectivity index (χ0n) is 12.0. The summed E-state index contributed by atoms with van der Waals surface area (Å²) in [5.41, 5.74) is 2.04. The maximum Gasteiger partial charge on any atom is 0.269 e. The summed E-state index contributed by atoms with van der Waals surface area (Å²) in [6.07, 6.45) is 6.31. The maximum absolute atomic E-state index is 12.3. The Hall–Kier alpha value is -2.70. The van der Waals surface area contributed by atoms with Crippen molar-refractivity contribution in [2.45, 2.75) is 12.8 Å². The molecule has 1 fully saturated rings. The second-order valence-corrected chi connectivity index (χ2v) is 5.31.